The van der Waals surface area contributed by atoms with Crippen molar-refractivity contribution in [2.24, 2.45) is 0 Å². The first-order valence-electron chi connectivity index (χ1n) is 7.35. The average Bonchev–Trinajstić information content (AvgIpc) is 2.49. The van der Waals surface area contributed by atoms with E-state index < -0.39 is 6.04 Å². The molecule has 1 saturated heterocycles. The van der Waals surface area contributed by atoms with E-state index in [0.29, 0.717) is 5.56 Å². The van der Waals surface area contributed by atoms with Gasteiger partial charge in [0.2, 0.25) is 5.91 Å². The Balaban J connectivity index is 2.01. The molecule has 1 aromatic rings. The number of likely N-dealkylation sites (tertiary alicyclic amines) is 1. The summed E-state index contributed by atoms with van der Waals surface area (Å²) in [5.74, 6) is -0.213. The van der Waals surface area contributed by atoms with Crippen LogP contribution in [0.4, 0.5) is 0 Å². The summed E-state index contributed by atoms with van der Waals surface area (Å²) in [6.45, 7) is 5.28. The van der Waals surface area contributed by atoms with Gasteiger partial charge < -0.3 is 10.2 Å². The minimum atomic E-state index is -0.497. The number of piperidine rings is 1. The number of carbonyl (C=O) groups is 2. The summed E-state index contributed by atoms with van der Waals surface area (Å²) in [5, 5.41) is 2.80. The van der Waals surface area contributed by atoms with E-state index >= 15 is 0 Å². The highest BCUT2D eigenvalue weighted by molar-refractivity contribution is 9.10. The quantitative estimate of drug-likeness (QED) is 0.909. The van der Waals surface area contributed by atoms with E-state index in [-0.39, 0.29) is 11.8 Å². The summed E-state index contributed by atoms with van der Waals surface area (Å²) in [4.78, 5) is 26.5. The molecule has 0 bridgehead atoms. The first-order valence-corrected chi connectivity index (χ1v) is 8.14. The monoisotopic (exact) mass is 352 g/mol. The van der Waals surface area contributed by atoms with Crippen molar-refractivity contribution in [3.63, 3.8) is 0 Å². The minimum absolute atomic E-state index is 0.00632. The number of rotatable bonds is 3. The molecule has 1 aliphatic heterocycles. The molecule has 21 heavy (non-hydrogen) atoms. The van der Waals surface area contributed by atoms with Crippen molar-refractivity contribution in [3.05, 3.63) is 33.8 Å². The number of halogens is 1. The Kier molecular flexibility index (Phi) is 5.39. The Morgan fingerprint density at radius 2 is 1.90 bits per heavy atom. The molecule has 0 spiro atoms. The lowest BCUT2D eigenvalue weighted by Gasteiger charge is -2.29. The molecule has 4 nitrogen and oxygen atoms in total. The number of amides is 2. The maximum Gasteiger partial charge on any atom is 0.253 e. The molecule has 114 valence electrons. The standard InChI is InChI=1S/C16H21BrN2O2/c1-11-6-7-14(17)13(10-11)15(20)18-12(2)16(21)19-8-4-3-5-9-19/h6-7,10,12H,3-5,8-9H2,1-2H3,(H,18,20). The van der Waals surface area contributed by atoms with E-state index in [1.807, 2.05) is 30.0 Å². The first kappa shape index (κ1) is 16.0. The molecular formula is C16H21BrN2O2. The predicted octanol–water partition coefficient (Wildman–Crippen LogP) is 2.89. The van der Waals surface area contributed by atoms with Gasteiger partial charge in [0.15, 0.2) is 0 Å². The maximum absolute atomic E-state index is 12.3. The van der Waals surface area contributed by atoms with Gasteiger partial charge in [-0.2, -0.15) is 0 Å². The zero-order chi connectivity index (χ0) is 15.4. The molecule has 2 rings (SSSR count). The smallest absolute Gasteiger partial charge is 0.253 e. The van der Waals surface area contributed by atoms with Crippen LogP contribution in [-0.4, -0.2) is 35.8 Å². The van der Waals surface area contributed by atoms with Gasteiger partial charge in [0.25, 0.3) is 5.91 Å². The van der Waals surface area contributed by atoms with Crippen molar-refractivity contribution in [2.45, 2.75) is 39.2 Å². The maximum atomic E-state index is 12.3. The highest BCUT2D eigenvalue weighted by atomic mass is 79.9. The van der Waals surface area contributed by atoms with Crippen molar-refractivity contribution in [1.82, 2.24) is 10.2 Å². The van der Waals surface area contributed by atoms with Crippen LogP contribution in [0.1, 0.15) is 42.1 Å². The van der Waals surface area contributed by atoms with Gasteiger partial charge in [0.1, 0.15) is 6.04 Å². The van der Waals surface area contributed by atoms with Crippen LogP contribution in [0.2, 0.25) is 0 Å². The molecule has 1 N–H and O–H groups in total. The highest BCUT2D eigenvalue weighted by Gasteiger charge is 2.24. The SMILES string of the molecule is Cc1ccc(Br)c(C(=O)NC(C)C(=O)N2CCCCC2)c1. The normalized spacial score (nSPS) is 16.4. The summed E-state index contributed by atoms with van der Waals surface area (Å²) >= 11 is 3.38. The van der Waals surface area contributed by atoms with Crippen LogP contribution in [-0.2, 0) is 4.79 Å². The van der Waals surface area contributed by atoms with Gasteiger partial charge in [-0.05, 0) is 61.2 Å². The summed E-state index contributed by atoms with van der Waals surface area (Å²) in [5.41, 5.74) is 1.58. The van der Waals surface area contributed by atoms with Gasteiger partial charge in [-0.15, -0.1) is 0 Å². The zero-order valence-electron chi connectivity index (χ0n) is 12.5. The Hall–Kier alpha value is -1.36. The van der Waals surface area contributed by atoms with Crippen LogP contribution in [0.5, 0.6) is 0 Å². The lowest BCUT2D eigenvalue weighted by molar-refractivity contribution is -0.133. The third-order valence-electron chi connectivity index (χ3n) is 3.75. The van der Waals surface area contributed by atoms with Gasteiger partial charge in [-0.3, -0.25) is 9.59 Å². The number of nitrogens with zero attached hydrogens (tertiary/aromatic N) is 1. The fourth-order valence-electron chi connectivity index (χ4n) is 2.54. The molecule has 0 aliphatic carbocycles. The van der Waals surface area contributed by atoms with Crippen LogP contribution in [0.15, 0.2) is 22.7 Å². The molecule has 0 saturated carbocycles. The lowest BCUT2D eigenvalue weighted by Crippen LogP contribution is -2.48. The van der Waals surface area contributed by atoms with E-state index in [0.717, 1.165) is 36.0 Å². The van der Waals surface area contributed by atoms with Gasteiger partial charge >= 0.3 is 0 Å². The van der Waals surface area contributed by atoms with E-state index in [4.69, 9.17) is 0 Å². The molecule has 5 heteroatoms. The summed E-state index contributed by atoms with van der Waals surface area (Å²) in [6.07, 6.45) is 3.28. The molecule has 0 aromatic heterocycles. The van der Waals surface area contributed by atoms with Crippen molar-refractivity contribution in [2.75, 3.05) is 13.1 Å². The van der Waals surface area contributed by atoms with Crippen LogP contribution in [0.25, 0.3) is 0 Å². The summed E-state index contributed by atoms with van der Waals surface area (Å²) in [6, 6.07) is 5.10. The highest BCUT2D eigenvalue weighted by Crippen LogP contribution is 2.18. The third-order valence-corrected chi connectivity index (χ3v) is 4.44. The van der Waals surface area contributed by atoms with Gasteiger partial charge in [0.05, 0.1) is 5.56 Å². The molecule has 1 aromatic carbocycles. The number of benzene rings is 1. The number of aryl methyl sites for hydroxylation is 1. The van der Waals surface area contributed by atoms with Crippen molar-refractivity contribution < 1.29 is 9.59 Å². The van der Waals surface area contributed by atoms with Gasteiger partial charge in [-0.25, -0.2) is 0 Å². The lowest BCUT2D eigenvalue weighted by atomic mass is 10.1. The second-order valence-corrected chi connectivity index (χ2v) is 6.42. The van der Waals surface area contributed by atoms with Crippen molar-refractivity contribution in [1.29, 1.82) is 0 Å². The van der Waals surface area contributed by atoms with E-state index in [2.05, 4.69) is 21.2 Å². The molecule has 1 heterocycles. The Labute approximate surface area is 134 Å². The van der Waals surface area contributed by atoms with Crippen LogP contribution < -0.4 is 5.32 Å². The second-order valence-electron chi connectivity index (χ2n) is 5.56. The number of hydrogen-bond acceptors (Lipinski definition) is 2. The first-order chi connectivity index (χ1) is 9.99. The average molecular weight is 353 g/mol. The number of hydrogen-bond donors (Lipinski definition) is 1. The van der Waals surface area contributed by atoms with Crippen molar-refractivity contribution >= 4 is 27.7 Å². The fourth-order valence-corrected chi connectivity index (χ4v) is 2.96. The van der Waals surface area contributed by atoms with E-state index in [1.165, 1.54) is 6.42 Å². The predicted molar refractivity (Wildman–Crippen MR) is 86.2 cm³/mol. The van der Waals surface area contributed by atoms with Gasteiger partial charge in [0, 0.05) is 17.6 Å². The Morgan fingerprint density at radius 1 is 1.24 bits per heavy atom. The van der Waals surface area contributed by atoms with Crippen LogP contribution in [0, 0.1) is 6.92 Å². The molecule has 0 radical (unpaired) electrons. The van der Waals surface area contributed by atoms with E-state index in [1.54, 1.807) is 6.92 Å². The molecule has 1 aliphatic rings. The van der Waals surface area contributed by atoms with Crippen molar-refractivity contribution in [3.8, 4) is 0 Å². The van der Waals surface area contributed by atoms with Gasteiger partial charge in [-0.1, -0.05) is 11.6 Å². The van der Waals surface area contributed by atoms with E-state index in [9.17, 15) is 9.59 Å². The third kappa shape index (κ3) is 4.06. The summed E-state index contributed by atoms with van der Waals surface area (Å²) in [7, 11) is 0. The summed E-state index contributed by atoms with van der Waals surface area (Å²) < 4.78 is 0.739. The number of carbonyl (C=O) groups excluding carboxylic acids is 2. The molecule has 2 amide bonds. The largest absolute Gasteiger partial charge is 0.341 e. The molecular weight excluding hydrogens is 332 g/mol. The molecule has 1 fully saturated rings. The minimum Gasteiger partial charge on any atom is -0.341 e. The number of nitrogens with one attached hydrogen (secondary N) is 1. The van der Waals surface area contributed by atoms with Crippen LogP contribution in [0.3, 0.4) is 0 Å². The topological polar surface area (TPSA) is 49.4 Å². The molecule has 1 atom stereocenters. The van der Waals surface area contributed by atoms with Crippen LogP contribution >= 0.6 is 15.9 Å². The fraction of sp³-hybridized carbons (Fsp3) is 0.500. The zero-order valence-corrected chi connectivity index (χ0v) is 14.1. The second kappa shape index (κ2) is 7.07. The Bertz CT molecular complexity index is 539. The molecule has 1 unspecified atom stereocenters. The Morgan fingerprint density at radius 3 is 2.57 bits per heavy atom.